The Labute approximate surface area is 593 Å². The van der Waals surface area contributed by atoms with Crippen molar-refractivity contribution in [3.8, 4) is 0 Å². The van der Waals surface area contributed by atoms with Crippen molar-refractivity contribution < 1.29 is 0 Å². The van der Waals surface area contributed by atoms with Crippen molar-refractivity contribution in [3.63, 3.8) is 0 Å². The molecule has 0 radical (unpaired) electrons. The van der Waals surface area contributed by atoms with Crippen molar-refractivity contribution in [2.45, 2.75) is 138 Å². The molecule has 0 aliphatic carbocycles. The average Bonchev–Trinajstić information content (AvgIpc) is 0.868. The summed E-state index contributed by atoms with van der Waals surface area (Å²) in [7, 11) is 0. The molecule has 0 spiro atoms. The van der Waals surface area contributed by atoms with Crippen molar-refractivity contribution in [1.29, 1.82) is 0 Å². The van der Waals surface area contributed by atoms with E-state index in [1.807, 2.05) is 150 Å². The number of hydrogen-bond donors (Lipinski definition) is 0. The summed E-state index contributed by atoms with van der Waals surface area (Å²) in [6.07, 6.45) is 14.6. The van der Waals surface area contributed by atoms with Gasteiger partial charge in [-0.25, -0.2) is 24.9 Å². The van der Waals surface area contributed by atoms with E-state index >= 15 is 0 Å². The lowest BCUT2D eigenvalue weighted by molar-refractivity contribution is 0.941. The number of nitrogens with zero attached hydrogens (tertiary/aromatic N) is 13. The molecular formula is C87H97N13. The van der Waals surface area contributed by atoms with E-state index in [2.05, 4.69) is 261 Å². The zero-order chi connectivity index (χ0) is 72.7. The molecule has 0 aliphatic heterocycles. The van der Waals surface area contributed by atoms with Crippen molar-refractivity contribution >= 4 is 54.5 Å². The molecule has 15 rings (SSSR count). The predicted molar refractivity (Wildman–Crippen MR) is 418 cm³/mol. The van der Waals surface area contributed by atoms with E-state index in [9.17, 15) is 0 Å². The molecular weight excluding hydrogens is 1230 g/mol. The molecule has 0 fully saturated rings. The number of aryl methyl sites for hydroxylation is 20. The highest BCUT2D eigenvalue weighted by atomic mass is 15.1. The molecule has 13 heteroatoms. The van der Waals surface area contributed by atoms with Crippen molar-refractivity contribution in [3.05, 3.63) is 338 Å². The van der Waals surface area contributed by atoms with Gasteiger partial charge in [0.05, 0.1) is 56.1 Å². The van der Waals surface area contributed by atoms with Crippen LogP contribution < -0.4 is 0 Å². The molecule has 13 nitrogen and oxygen atoms in total. The molecule has 0 saturated heterocycles. The van der Waals surface area contributed by atoms with Crippen LogP contribution in [0.3, 0.4) is 0 Å². The number of hydrogen-bond acceptors (Lipinski definition) is 13. The molecule has 0 saturated carbocycles. The van der Waals surface area contributed by atoms with Crippen LogP contribution in [0.2, 0.25) is 0 Å². The summed E-state index contributed by atoms with van der Waals surface area (Å²) >= 11 is 0. The number of benzene rings is 7. The smallest absolute Gasteiger partial charge is 0.125 e. The minimum atomic E-state index is 0.825. The zero-order valence-electron chi connectivity index (χ0n) is 62.2. The Morgan fingerprint density at radius 1 is 0.160 bits per heavy atom. The second kappa shape index (κ2) is 39.8. The van der Waals surface area contributed by atoms with E-state index in [1.54, 1.807) is 18.6 Å². The van der Waals surface area contributed by atoms with Gasteiger partial charge >= 0.3 is 0 Å². The predicted octanol–water partition coefficient (Wildman–Crippen LogP) is 20.9. The van der Waals surface area contributed by atoms with E-state index in [4.69, 9.17) is 0 Å². The summed E-state index contributed by atoms with van der Waals surface area (Å²) in [6.45, 7) is 40.2. The molecule has 0 atom stereocenters. The third-order valence-electron chi connectivity index (χ3n) is 14.8. The Kier molecular flexibility index (Phi) is 30.9. The first-order valence-electron chi connectivity index (χ1n) is 33.5. The minimum absolute atomic E-state index is 0.825. The lowest BCUT2D eigenvalue weighted by atomic mass is 10.1. The van der Waals surface area contributed by atoms with Gasteiger partial charge in [-0.1, -0.05) is 137 Å². The Balaban J connectivity index is 0.000000176. The Bertz CT molecular complexity index is 3930. The van der Waals surface area contributed by atoms with Crippen LogP contribution in [0, 0.1) is 138 Å². The second-order valence-corrected chi connectivity index (χ2v) is 25.2. The molecule has 100 heavy (non-hydrogen) atoms. The Morgan fingerprint density at radius 3 is 1.00 bits per heavy atom. The topological polar surface area (TPSA) is 168 Å². The molecule has 0 bridgehead atoms. The fourth-order valence-corrected chi connectivity index (χ4v) is 9.19. The highest BCUT2D eigenvalue weighted by Crippen LogP contribution is 2.19. The van der Waals surface area contributed by atoms with Crippen LogP contribution in [0.5, 0.6) is 0 Å². The maximum absolute atomic E-state index is 4.42. The molecule has 7 aromatic carbocycles. The van der Waals surface area contributed by atoms with Gasteiger partial charge in [0.25, 0.3) is 0 Å². The van der Waals surface area contributed by atoms with Crippen molar-refractivity contribution in [2.24, 2.45) is 0 Å². The van der Waals surface area contributed by atoms with Crippen molar-refractivity contribution in [2.75, 3.05) is 0 Å². The highest BCUT2D eigenvalue weighted by Gasteiger charge is 2.00. The molecule has 0 unspecified atom stereocenters. The molecule has 0 amide bonds. The molecule has 8 aromatic heterocycles. The number of aromatic nitrogens is 13. The Hall–Kier alpha value is -11.3. The van der Waals surface area contributed by atoms with E-state index in [-0.39, 0.29) is 0 Å². The first kappa shape index (κ1) is 77.7. The summed E-state index contributed by atoms with van der Waals surface area (Å²) in [5.74, 6) is 1.65. The fraction of sp³-hybridized carbons (Fsp3) is 0.230. The van der Waals surface area contributed by atoms with Crippen LogP contribution in [0.25, 0.3) is 54.5 Å². The average molecular weight is 1320 g/mol. The van der Waals surface area contributed by atoms with Gasteiger partial charge in [-0.15, -0.1) is 0 Å². The van der Waals surface area contributed by atoms with Crippen molar-refractivity contribution in [1.82, 2.24) is 65.0 Å². The molecule has 510 valence electrons. The number of pyridine rings is 3. The van der Waals surface area contributed by atoms with Gasteiger partial charge in [0.15, 0.2) is 0 Å². The second-order valence-electron chi connectivity index (χ2n) is 25.2. The molecule has 15 aromatic rings. The lowest BCUT2D eigenvalue weighted by Gasteiger charge is -1.99. The number of rotatable bonds is 0. The quantitative estimate of drug-likeness (QED) is 0.141. The normalized spacial score (nSPS) is 10.0. The maximum Gasteiger partial charge on any atom is 0.125 e. The van der Waals surface area contributed by atoms with Crippen LogP contribution in [0.1, 0.15) is 113 Å². The van der Waals surface area contributed by atoms with Crippen LogP contribution in [0.4, 0.5) is 0 Å². The van der Waals surface area contributed by atoms with Crippen LogP contribution in [0.15, 0.2) is 225 Å². The van der Waals surface area contributed by atoms with E-state index in [1.165, 1.54) is 77.2 Å². The summed E-state index contributed by atoms with van der Waals surface area (Å²) < 4.78 is 0. The third kappa shape index (κ3) is 28.8. The molecule has 0 N–H and O–H groups in total. The standard InChI is InChI=1S/C12H12.2C11H11N.2C10H10N2.C8H10.C7H9N.3C6H8N2/c1-9-3-5-12-8-10(2)4-6-11(12)7-9;1-8-3-6-11-10(7-8)5-4-9(2)12-11;1-8-3-4-10-5-9(2)7-12-11(10)6-8;1-7-3-4-10-9(5-7)6-11-8(2)12-10;1-7-3-4-9-10(5-7)11-6-8(2)12-9;1-7-3-5-8(2)6-4-7;1-6-3-4-7(2)8-5-6;1-5-3-8-6(2)4-7-5;1-5-3-7-6(2)8-4-5;1-5-3-4-6(2)8-7-5/h3-8H,1-2H3;2*3-7H,1-2H3;2*3-6H,1-2H3;3-6H,1-2H3;3-5H,1-2H3;3*3-4H,1-2H3. The monoisotopic (exact) mass is 1320 g/mol. The maximum atomic E-state index is 4.42. The van der Waals surface area contributed by atoms with E-state index in [0.717, 1.165) is 90.0 Å². The van der Waals surface area contributed by atoms with E-state index in [0.29, 0.717) is 0 Å². The van der Waals surface area contributed by atoms with Gasteiger partial charge < -0.3 is 0 Å². The molecule has 8 heterocycles. The van der Waals surface area contributed by atoms with Crippen LogP contribution in [-0.2, 0) is 0 Å². The van der Waals surface area contributed by atoms with Crippen LogP contribution >= 0.6 is 0 Å². The van der Waals surface area contributed by atoms with Gasteiger partial charge in [0.1, 0.15) is 11.6 Å². The van der Waals surface area contributed by atoms with E-state index < -0.39 is 0 Å². The summed E-state index contributed by atoms with van der Waals surface area (Å²) in [4.78, 5) is 45.9. The number of fused-ring (bicyclic) bond motifs is 5. The summed E-state index contributed by atoms with van der Waals surface area (Å²) in [5, 5.41) is 13.9. The molecule has 0 aliphatic rings. The Morgan fingerprint density at radius 2 is 0.500 bits per heavy atom. The largest absolute Gasteiger partial charge is 0.261 e. The highest BCUT2D eigenvalue weighted by molar-refractivity contribution is 5.84. The summed E-state index contributed by atoms with van der Waals surface area (Å²) in [5.41, 5.74) is 26.0. The lowest BCUT2D eigenvalue weighted by Crippen LogP contribution is -1.87. The minimum Gasteiger partial charge on any atom is -0.261 e. The third-order valence-corrected chi connectivity index (χ3v) is 14.8. The van der Waals surface area contributed by atoms with Gasteiger partial charge in [-0.2, -0.15) is 10.2 Å². The summed E-state index contributed by atoms with van der Waals surface area (Å²) in [6, 6.07) is 60.8. The van der Waals surface area contributed by atoms with Crippen LogP contribution in [-0.4, -0.2) is 65.0 Å². The SMILES string of the molecule is Cc1ccc(C)cc1.Cc1ccc(C)nc1.Cc1ccc(C)nn1.Cc1ccc2cc(C)ccc2c1.Cc1ccc2nc(C)ccc2c1.Cc1ccc2nc(C)cnc2c1.Cc1ccc2nc(C)ncc2c1.Cc1cnc(C)cn1.Cc1cnc(C)nc1.Cc1cnc2cc(C)ccc2c1. The first-order valence-corrected chi connectivity index (χ1v) is 33.5. The van der Waals surface area contributed by atoms with Gasteiger partial charge in [0.2, 0.25) is 0 Å². The zero-order valence-corrected chi connectivity index (χ0v) is 62.2. The first-order chi connectivity index (χ1) is 47.7. The van der Waals surface area contributed by atoms with Gasteiger partial charge in [-0.05, 0) is 250 Å². The van der Waals surface area contributed by atoms with Gasteiger partial charge in [0, 0.05) is 77.1 Å². The fourth-order valence-electron chi connectivity index (χ4n) is 9.19. The van der Waals surface area contributed by atoms with Gasteiger partial charge in [-0.3, -0.25) is 29.9 Å².